The normalized spacial score (nSPS) is 11.6. The number of Topliss-reactive ketones (excluding diaryl/α,β-unsaturated/α-hetero) is 1. The number of ketones is 1. The summed E-state index contributed by atoms with van der Waals surface area (Å²) in [6.07, 6.45) is 1.08. The first-order valence-electron chi connectivity index (χ1n) is 9.46. The van der Waals surface area contributed by atoms with Crippen LogP contribution in [0.5, 0.6) is 5.75 Å². The molecule has 0 spiro atoms. The summed E-state index contributed by atoms with van der Waals surface area (Å²) in [4.78, 5) is 35.1. The summed E-state index contributed by atoms with van der Waals surface area (Å²) >= 11 is 0. The predicted molar refractivity (Wildman–Crippen MR) is 112 cm³/mol. The number of para-hydroxylation sites is 1. The SMILES string of the molecule is CC(=O)c1ccc(NC(=O)O[C@H](C/C=C/C(=O)NO)c2ccccc2OCCO)cc1. The van der Waals surface area contributed by atoms with E-state index in [0.717, 1.165) is 6.08 Å². The number of rotatable bonds is 10. The van der Waals surface area contributed by atoms with E-state index < -0.39 is 18.1 Å². The third-order valence-electron chi connectivity index (χ3n) is 4.13. The lowest BCUT2D eigenvalue weighted by atomic mass is 10.0. The molecule has 2 aromatic rings. The molecular formula is C22H24N2O7. The van der Waals surface area contributed by atoms with Gasteiger partial charge in [-0.25, -0.2) is 10.3 Å². The molecule has 0 aliphatic carbocycles. The Balaban J connectivity index is 2.18. The molecule has 1 atom stereocenters. The lowest BCUT2D eigenvalue weighted by molar-refractivity contribution is -0.124. The van der Waals surface area contributed by atoms with Crippen molar-refractivity contribution in [1.82, 2.24) is 5.48 Å². The molecule has 2 aromatic carbocycles. The number of hydroxylamine groups is 1. The Hall–Kier alpha value is -3.69. The van der Waals surface area contributed by atoms with Crippen LogP contribution in [0.4, 0.5) is 10.5 Å². The van der Waals surface area contributed by atoms with Crippen LogP contribution in [-0.4, -0.2) is 41.3 Å². The lowest BCUT2D eigenvalue weighted by Gasteiger charge is -2.20. The number of carbonyl (C=O) groups excluding carboxylic acids is 3. The summed E-state index contributed by atoms with van der Waals surface area (Å²) in [6.45, 7) is 1.32. The molecule has 2 amide bonds. The summed E-state index contributed by atoms with van der Waals surface area (Å²) in [5.74, 6) is -0.397. The maximum atomic E-state index is 12.5. The van der Waals surface area contributed by atoms with E-state index in [1.807, 2.05) is 0 Å². The Morgan fingerprint density at radius 1 is 1.10 bits per heavy atom. The van der Waals surface area contributed by atoms with Crippen molar-refractivity contribution in [2.45, 2.75) is 19.4 Å². The fourth-order valence-corrected chi connectivity index (χ4v) is 2.67. The van der Waals surface area contributed by atoms with Gasteiger partial charge in [0.25, 0.3) is 5.91 Å². The Bertz CT molecular complexity index is 926. The summed E-state index contributed by atoms with van der Waals surface area (Å²) < 4.78 is 11.1. The molecule has 0 bridgehead atoms. The van der Waals surface area contributed by atoms with Crippen molar-refractivity contribution >= 4 is 23.5 Å². The highest BCUT2D eigenvalue weighted by Gasteiger charge is 2.20. The van der Waals surface area contributed by atoms with Crippen molar-refractivity contribution in [3.05, 3.63) is 71.8 Å². The van der Waals surface area contributed by atoms with Gasteiger partial charge in [0.15, 0.2) is 5.78 Å². The van der Waals surface area contributed by atoms with E-state index in [4.69, 9.17) is 19.8 Å². The first-order valence-corrected chi connectivity index (χ1v) is 9.46. The zero-order valence-electron chi connectivity index (χ0n) is 16.9. The van der Waals surface area contributed by atoms with Crippen LogP contribution in [0.3, 0.4) is 0 Å². The summed E-state index contributed by atoms with van der Waals surface area (Å²) in [5.41, 5.74) is 2.97. The molecular weight excluding hydrogens is 404 g/mol. The van der Waals surface area contributed by atoms with Crippen LogP contribution in [-0.2, 0) is 9.53 Å². The minimum atomic E-state index is -0.825. The number of nitrogens with one attached hydrogen (secondary N) is 2. The first-order chi connectivity index (χ1) is 14.9. The van der Waals surface area contributed by atoms with E-state index in [-0.39, 0.29) is 25.4 Å². The number of benzene rings is 2. The highest BCUT2D eigenvalue weighted by molar-refractivity contribution is 5.95. The molecule has 164 valence electrons. The number of carbonyl (C=O) groups is 3. The number of amides is 2. The molecule has 0 radical (unpaired) electrons. The summed E-state index contributed by atoms with van der Waals surface area (Å²) in [7, 11) is 0. The van der Waals surface area contributed by atoms with E-state index in [9.17, 15) is 14.4 Å². The Kier molecular flexibility index (Phi) is 9.21. The topological polar surface area (TPSA) is 134 Å². The Labute approximate surface area is 179 Å². The number of aliphatic hydroxyl groups excluding tert-OH is 1. The monoisotopic (exact) mass is 428 g/mol. The number of hydrogen-bond acceptors (Lipinski definition) is 7. The summed E-state index contributed by atoms with van der Waals surface area (Å²) in [6, 6.07) is 13.2. The third kappa shape index (κ3) is 7.57. The van der Waals surface area contributed by atoms with E-state index >= 15 is 0 Å². The van der Waals surface area contributed by atoms with E-state index in [0.29, 0.717) is 22.6 Å². The molecule has 9 nitrogen and oxygen atoms in total. The van der Waals surface area contributed by atoms with Gasteiger partial charge >= 0.3 is 6.09 Å². The Morgan fingerprint density at radius 2 is 1.81 bits per heavy atom. The molecule has 2 rings (SSSR count). The van der Waals surface area contributed by atoms with Gasteiger partial charge in [0.05, 0.1) is 6.61 Å². The van der Waals surface area contributed by atoms with Gasteiger partial charge in [0.1, 0.15) is 18.5 Å². The number of hydrogen-bond donors (Lipinski definition) is 4. The van der Waals surface area contributed by atoms with Crippen LogP contribution < -0.4 is 15.5 Å². The maximum Gasteiger partial charge on any atom is 0.412 e. The second kappa shape index (κ2) is 12.1. The standard InChI is InChI=1S/C22H24N2O7/c1-15(26)16-9-11-17(12-10-16)23-22(28)31-20(7-4-8-21(27)24-29)18-5-2-3-6-19(18)30-14-13-25/h2-6,8-12,20,25,29H,7,13-14H2,1H3,(H,23,28)(H,24,27)/b8-4+/t20-/m1/s1. The van der Waals surface area contributed by atoms with Crippen molar-refractivity contribution in [3.63, 3.8) is 0 Å². The van der Waals surface area contributed by atoms with Gasteiger partial charge in [0.2, 0.25) is 0 Å². The molecule has 31 heavy (non-hydrogen) atoms. The fourth-order valence-electron chi connectivity index (χ4n) is 2.67. The van der Waals surface area contributed by atoms with Crippen molar-refractivity contribution in [1.29, 1.82) is 0 Å². The second-order valence-corrected chi connectivity index (χ2v) is 6.38. The molecule has 0 aromatic heterocycles. The van der Waals surface area contributed by atoms with Crippen molar-refractivity contribution in [2.24, 2.45) is 0 Å². The molecule has 0 saturated carbocycles. The average Bonchev–Trinajstić information content (AvgIpc) is 2.77. The predicted octanol–water partition coefficient (Wildman–Crippen LogP) is 3.00. The minimum absolute atomic E-state index is 0.0567. The highest BCUT2D eigenvalue weighted by atomic mass is 16.6. The van der Waals surface area contributed by atoms with Gasteiger partial charge in [-0.1, -0.05) is 24.3 Å². The van der Waals surface area contributed by atoms with E-state index in [1.54, 1.807) is 48.5 Å². The van der Waals surface area contributed by atoms with E-state index in [2.05, 4.69) is 5.32 Å². The number of aliphatic hydroxyl groups is 1. The fraction of sp³-hybridized carbons (Fsp3) is 0.227. The first kappa shape index (κ1) is 23.6. The third-order valence-corrected chi connectivity index (χ3v) is 4.13. The van der Waals surface area contributed by atoms with Gasteiger partial charge < -0.3 is 14.6 Å². The van der Waals surface area contributed by atoms with Gasteiger partial charge in [-0.15, -0.1) is 0 Å². The van der Waals surface area contributed by atoms with Crippen LogP contribution in [0.25, 0.3) is 0 Å². The molecule has 0 heterocycles. The van der Waals surface area contributed by atoms with Gasteiger partial charge in [-0.3, -0.25) is 20.1 Å². The number of anilines is 1. The molecule has 0 aliphatic rings. The summed E-state index contributed by atoms with van der Waals surface area (Å²) in [5, 5.41) is 20.2. The number of ether oxygens (including phenoxy) is 2. The van der Waals surface area contributed by atoms with Crippen molar-refractivity contribution < 1.29 is 34.2 Å². The molecule has 9 heteroatoms. The van der Waals surface area contributed by atoms with Gasteiger partial charge in [-0.2, -0.15) is 0 Å². The zero-order chi connectivity index (χ0) is 22.6. The van der Waals surface area contributed by atoms with Crippen molar-refractivity contribution in [2.75, 3.05) is 18.5 Å². The van der Waals surface area contributed by atoms with E-state index in [1.165, 1.54) is 18.5 Å². The van der Waals surface area contributed by atoms with Crippen LogP contribution in [0.2, 0.25) is 0 Å². The van der Waals surface area contributed by atoms with Crippen LogP contribution in [0.15, 0.2) is 60.7 Å². The molecule has 0 unspecified atom stereocenters. The smallest absolute Gasteiger partial charge is 0.412 e. The molecule has 0 saturated heterocycles. The quantitative estimate of drug-likeness (QED) is 0.198. The molecule has 0 aliphatic heterocycles. The van der Waals surface area contributed by atoms with Gasteiger partial charge in [-0.05, 0) is 37.3 Å². The largest absolute Gasteiger partial charge is 0.491 e. The van der Waals surface area contributed by atoms with Crippen LogP contribution >= 0.6 is 0 Å². The second-order valence-electron chi connectivity index (χ2n) is 6.38. The zero-order valence-corrected chi connectivity index (χ0v) is 16.9. The highest BCUT2D eigenvalue weighted by Crippen LogP contribution is 2.31. The van der Waals surface area contributed by atoms with Gasteiger partial charge in [0, 0.05) is 29.3 Å². The lowest BCUT2D eigenvalue weighted by Crippen LogP contribution is -2.19. The molecule has 0 fully saturated rings. The minimum Gasteiger partial charge on any atom is -0.491 e. The molecule has 4 N–H and O–H groups in total. The Morgan fingerprint density at radius 3 is 2.45 bits per heavy atom. The van der Waals surface area contributed by atoms with Crippen molar-refractivity contribution in [3.8, 4) is 5.75 Å². The van der Waals surface area contributed by atoms with Crippen LogP contribution in [0.1, 0.15) is 35.4 Å². The van der Waals surface area contributed by atoms with Crippen LogP contribution in [0, 0.1) is 0 Å². The average molecular weight is 428 g/mol. The maximum absolute atomic E-state index is 12.5.